The molecule has 1 N–H and O–H groups in total. The van der Waals surface area contributed by atoms with E-state index in [1.807, 2.05) is 12.3 Å². The van der Waals surface area contributed by atoms with Gasteiger partial charge in [-0.2, -0.15) is 0 Å². The van der Waals surface area contributed by atoms with Crippen molar-refractivity contribution in [2.75, 3.05) is 5.32 Å². The highest BCUT2D eigenvalue weighted by Crippen LogP contribution is 2.19. The van der Waals surface area contributed by atoms with Crippen LogP contribution in [0.25, 0.3) is 0 Å². The van der Waals surface area contributed by atoms with Gasteiger partial charge in [0.15, 0.2) is 0 Å². The summed E-state index contributed by atoms with van der Waals surface area (Å²) in [6.45, 7) is 6.54. The average Bonchev–Trinajstić information content (AvgIpc) is 2.32. The zero-order valence-electron chi connectivity index (χ0n) is 11.8. The first-order valence-corrected chi connectivity index (χ1v) is 7.40. The van der Waals surface area contributed by atoms with Crippen molar-refractivity contribution in [3.8, 4) is 0 Å². The Morgan fingerprint density at radius 2 is 2.00 bits per heavy atom. The molecule has 0 aliphatic rings. The van der Waals surface area contributed by atoms with Gasteiger partial charge in [0.05, 0.1) is 11.9 Å². The van der Waals surface area contributed by atoms with Gasteiger partial charge in [0, 0.05) is 6.04 Å². The van der Waals surface area contributed by atoms with Gasteiger partial charge in [-0.1, -0.05) is 50.6 Å². The molecule has 1 heterocycles. The molecule has 2 nitrogen and oxygen atoms in total. The molecule has 18 heavy (non-hydrogen) atoms. The predicted octanol–water partition coefficient (Wildman–Crippen LogP) is 5.20. The highest BCUT2D eigenvalue weighted by atomic mass is 35.5. The molecule has 0 aliphatic heterocycles. The Kier molecular flexibility index (Phi) is 7.11. The second-order valence-electron chi connectivity index (χ2n) is 5.07. The second-order valence-corrected chi connectivity index (χ2v) is 5.46. The van der Waals surface area contributed by atoms with E-state index in [0.29, 0.717) is 11.2 Å². The molecule has 0 saturated heterocycles. The number of hydrogen-bond acceptors (Lipinski definition) is 2. The van der Waals surface area contributed by atoms with Gasteiger partial charge in [0.1, 0.15) is 5.15 Å². The van der Waals surface area contributed by atoms with Crippen molar-refractivity contribution >= 4 is 17.3 Å². The van der Waals surface area contributed by atoms with Crippen LogP contribution in [0.2, 0.25) is 5.15 Å². The zero-order valence-corrected chi connectivity index (χ0v) is 12.6. The first-order valence-electron chi connectivity index (χ1n) is 7.02. The van der Waals surface area contributed by atoms with Crippen molar-refractivity contribution in [3.05, 3.63) is 23.0 Å². The third-order valence-electron chi connectivity index (χ3n) is 3.22. The summed E-state index contributed by atoms with van der Waals surface area (Å²) in [6, 6.07) is 2.39. The summed E-state index contributed by atoms with van der Waals surface area (Å²) in [4.78, 5) is 4.12. The van der Waals surface area contributed by atoms with E-state index in [9.17, 15) is 0 Å². The van der Waals surface area contributed by atoms with Crippen molar-refractivity contribution in [3.63, 3.8) is 0 Å². The Hall–Kier alpha value is -0.760. The number of rotatable bonds is 8. The van der Waals surface area contributed by atoms with Crippen LogP contribution in [0, 0.1) is 6.92 Å². The number of aryl methyl sites for hydroxylation is 1. The molecule has 0 amide bonds. The molecule has 1 aromatic heterocycles. The van der Waals surface area contributed by atoms with Gasteiger partial charge < -0.3 is 5.32 Å². The number of hydrogen-bond donors (Lipinski definition) is 1. The van der Waals surface area contributed by atoms with E-state index in [-0.39, 0.29) is 0 Å². The summed E-state index contributed by atoms with van der Waals surface area (Å²) in [6.07, 6.45) is 9.72. The number of nitrogens with zero attached hydrogens (tertiary/aromatic N) is 1. The van der Waals surface area contributed by atoms with E-state index in [2.05, 4.69) is 31.1 Å². The first kappa shape index (κ1) is 15.3. The zero-order chi connectivity index (χ0) is 13.4. The minimum absolute atomic E-state index is 0.494. The first-order chi connectivity index (χ1) is 8.63. The van der Waals surface area contributed by atoms with Crippen LogP contribution in [0.5, 0.6) is 0 Å². The van der Waals surface area contributed by atoms with Crippen LogP contribution in [0.4, 0.5) is 5.69 Å². The monoisotopic (exact) mass is 268 g/mol. The molecule has 0 aromatic carbocycles. The molecule has 3 heteroatoms. The molecule has 1 atom stereocenters. The summed E-state index contributed by atoms with van der Waals surface area (Å²) in [5.74, 6) is 0. The van der Waals surface area contributed by atoms with Crippen molar-refractivity contribution < 1.29 is 0 Å². The third-order valence-corrected chi connectivity index (χ3v) is 3.43. The maximum atomic E-state index is 5.85. The number of unbranched alkanes of at least 4 members (excludes halogenated alkanes) is 4. The van der Waals surface area contributed by atoms with Crippen molar-refractivity contribution in [1.29, 1.82) is 0 Å². The maximum absolute atomic E-state index is 5.85. The summed E-state index contributed by atoms with van der Waals surface area (Å²) in [5.41, 5.74) is 2.26. The van der Waals surface area contributed by atoms with Gasteiger partial charge in [0.2, 0.25) is 0 Å². The summed E-state index contributed by atoms with van der Waals surface area (Å²) >= 11 is 5.85. The van der Waals surface area contributed by atoms with Gasteiger partial charge in [-0.3, -0.25) is 0 Å². The molecule has 0 spiro atoms. The predicted molar refractivity (Wildman–Crippen MR) is 80.4 cm³/mol. The molecule has 1 unspecified atom stereocenters. The second kappa shape index (κ2) is 8.36. The smallest absolute Gasteiger partial charge is 0.129 e. The normalized spacial score (nSPS) is 12.4. The van der Waals surface area contributed by atoms with E-state index in [4.69, 9.17) is 11.6 Å². The number of nitrogens with one attached hydrogen (secondary N) is 1. The SMILES string of the molecule is CCCCCCCC(C)Nc1cnc(Cl)cc1C. The van der Waals surface area contributed by atoms with Gasteiger partial charge in [-0.05, 0) is 31.9 Å². The van der Waals surface area contributed by atoms with Gasteiger partial charge >= 0.3 is 0 Å². The van der Waals surface area contributed by atoms with Gasteiger partial charge in [-0.25, -0.2) is 4.98 Å². The van der Waals surface area contributed by atoms with Crippen LogP contribution in [-0.4, -0.2) is 11.0 Å². The van der Waals surface area contributed by atoms with Crippen LogP contribution in [-0.2, 0) is 0 Å². The molecule has 1 aromatic rings. The lowest BCUT2D eigenvalue weighted by atomic mass is 10.1. The summed E-state index contributed by atoms with van der Waals surface area (Å²) in [7, 11) is 0. The van der Waals surface area contributed by atoms with Crippen molar-refractivity contribution in [2.45, 2.75) is 65.3 Å². The lowest BCUT2D eigenvalue weighted by Gasteiger charge is -2.16. The van der Waals surface area contributed by atoms with Gasteiger partial charge in [0.25, 0.3) is 0 Å². The molecule has 0 bridgehead atoms. The molecule has 1 rings (SSSR count). The number of anilines is 1. The Balaban J connectivity index is 2.28. The van der Waals surface area contributed by atoms with Gasteiger partial charge in [-0.15, -0.1) is 0 Å². The summed E-state index contributed by atoms with van der Waals surface area (Å²) in [5, 5.41) is 4.07. The van der Waals surface area contributed by atoms with E-state index >= 15 is 0 Å². The van der Waals surface area contributed by atoms with E-state index < -0.39 is 0 Å². The molecule has 0 aliphatic carbocycles. The minimum Gasteiger partial charge on any atom is -0.381 e. The number of aromatic nitrogens is 1. The summed E-state index contributed by atoms with van der Waals surface area (Å²) < 4.78 is 0. The molecule has 0 fully saturated rings. The fourth-order valence-electron chi connectivity index (χ4n) is 2.06. The highest BCUT2D eigenvalue weighted by Gasteiger charge is 2.05. The van der Waals surface area contributed by atoms with Crippen LogP contribution in [0.15, 0.2) is 12.3 Å². The van der Waals surface area contributed by atoms with Crippen molar-refractivity contribution in [1.82, 2.24) is 4.98 Å². The van der Waals surface area contributed by atoms with E-state index in [1.165, 1.54) is 38.5 Å². The minimum atomic E-state index is 0.494. The third kappa shape index (κ3) is 5.72. The van der Waals surface area contributed by atoms with Crippen LogP contribution >= 0.6 is 11.6 Å². The van der Waals surface area contributed by atoms with E-state index in [0.717, 1.165) is 11.3 Å². The molecular weight excluding hydrogens is 244 g/mol. The Morgan fingerprint density at radius 3 is 2.67 bits per heavy atom. The van der Waals surface area contributed by atoms with Crippen LogP contribution in [0.3, 0.4) is 0 Å². The standard InChI is InChI=1S/C15H25ClN2/c1-4-5-6-7-8-9-13(3)18-14-11-17-15(16)10-12(14)2/h10-11,13,18H,4-9H2,1-3H3. The lowest BCUT2D eigenvalue weighted by molar-refractivity contribution is 0.578. The molecule has 0 radical (unpaired) electrons. The lowest BCUT2D eigenvalue weighted by Crippen LogP contribution is -2.15. The maximum Gasteiger partial charge on any atom is 0.129 e. The largest absolute Gasteiger partial charge is 0.381 e. The topological polar surface area (TPSA) is 24.9 Å². The average molecular weight is 269 g/mol. The van der Waals surface area contributed by atoms with Crippen molar-refractivity contribution in [2.24, 2.45) is 0 Å². The Bertz CT molecular complexity index is 352. The molecule has 0 saturated carbocycles. The van der Waals surface area contributed by atoms with E-state index in [1.54, 1.807) is 0 Å². The number of pyridine rings is 1. The molecule has 102 valence electrons. The quantitative estimate of drug-likeness (QED) is 0.517. The van der Waals surface area contributed by atoms with Crippen LogP contribution < -0.4 is 5.32 Å². The molecular formula is C15H25ClN2. The fraction of sp³-hybridized carbons (Fsp3) is 0.667. The number of halogens is 1. The fourth-order valence-corrected chi connectivity index (χ4v) is 2.28. The Morgan fingerprint density at radius 1 is 1.28 bits per heavy atom. The Labute approximate surface area is 116 Å². The highest BCUT2D eigenvalue weighted by molar-refractivity contribution is 6.29. The van der Waals surface area contributed by atoms with Crippen LogP contribution in [0.1, 0.15) is 57.9 Å².